The zero-order valence-electron chi connectivity index (χ0n) is 14.1. The lowest BCUT2D eigenvalue weighted by Gasteiger charge is -2.47. The van der Waals surface area contributed by atoms with Crippen molar-refractivity contribution >= 4 is 0 Å². The summed E-state index contributed by atoms with van der Waals surface area (Å²) in [7, 11) is 1.94. The minimum absolute atomic E-state index is 0.0754. The van der Waals surface area contributed by atoms with E-state index in [1.54, 1.807) is 0 Å². The van der Waals surface area contributed by atoms with Crippen molar-refractivity contribution in [2.45, 2.75) is 37.6 Å². The summed E-state index contributed by atoms with van der Waals surface area (Å²) in [6.45, 7) is 5.21. The highest BCUT2D eigenvalue weighted by Crippen LogP contribution is 2.29. The lowest BCUT2D eigenvalue weighted by atomic mass is 9.95. The number of aromatic nitrogens is 1. The van der Waals surface area contributed by atoms with Crippen LogP contribution in [-0.4, -0.2) is 60.0 Å². The molecule has 5 nitrogen and oxygen atoms in total. The average Bonchev–Trinajstić information content (AvgIpc) is 2.55. The van der Waals surface area contributed by atoms with Gasteiger partial charge in [-0.05, 0) is 33.0 Å². The van der Waals surface area contributed by atoms with Gasteiger partial charge in [-0.2, -0.15) is 13.2 Å². The predicted molar refractivity (Wildman–Crippen MR) is 83.5 cm³/mol. The summed E-state index contributed by atoms with van der Waals surface area (Å²) in [6.07, 6.45) is -3.55. The van der Waals surface area contributed by atoms with Crippen molar-refractivity contribution in [1.29, 1.82) is 0 Å². The number of morpholine rings is 1. The highest BCUT2D eigenvalue weighted by Gasteiger charge is 2.40. The van der Waals surface area contributed by atoms with E-state index in [0.29, 0.717) is 25.5 Å². The second-order valence-corrected chi connectivity index (χ2v) is 6.43. The number of halogens is 3. The van der Waals surface area contributed by atoms with Gasteiger partial charge in [0.1, 0.15) is 0 Å². The Morgan fingerprint density at radius 1 is 1.50 bits per heavy atom. The van der Waals surface area contributed by atoms with Crippen molar-refractivity contribution in [2.75, 3.05) is 33.4 Å². The third-order valence-electron chi connectivity index (χ3n) is 4.73. The van der Waals surface area contributed by atoms with Crippen molar-refractivity contribution in [3.63, 3.8) is 0 Å². The Morgan fingerprint density at radius 2 is 2.21 bits per heavy atom. The van der Waals surface area contributed by atoms with Crippen LogP contribution in [0, 0.1) is 0 Å². The van der Waals surface area contributed by atoms with Gasteiger partial charge in [0.15, 0.2) is 0 Å². The maximum Gasteiger partial charge on any atom is 0.417 e. The maximum absolute atomic E-state index is 12.6. The van der Waals surface area contributed by atoms with Crippen LogP contribution < -0.4 is 5.32 Å². The lowest BCUT2D eigenvalue weighted by molar-refractivity contribution is -0.137. The molecule has 1 saturated heterocycles. The summed E-state index contributed by atoms with van der Waals surface area (Å²) in [5, 5.41) is 13.1. The van der Waals surface area contributed by atoms with Crippen LogP contribution in [0.4, 0.5) is 13.2 Å². The molecule has 1 aromatic heterocycles. The molecule has 1 aromatic rings. The third-order valence-corrected chi connectivity index (χ3v) is 4.73. The number of nitrogens with one attached hydrogen (secondary N) is 1. The van der Waals surface area contributed by atoms with Crippen molar-refractivity contribution in [3.8, 4) is 0 Å². The number of hydrogen-bond acceptors (Lipinski definition) is 5. The Morgan fingerprint density at radius 3 is 2.75 bits per heavy atom. The largest absolute Gasteiger partial charge is 0.417 e. The molecular weight excluding hydrogens is 323 g/mol. The Hall–Kier alpha value is -1.22. The van der Waals surface area contributed by atoms with Crippen LogP contribution >= 0.6 is 0 Å². The standard InChI is InChI=1S/C16H24F3N3O2/c1-11-7-24-10-15(9-23,22(11)3)8-21-12(2)14-5-4-13(6-20-14)16(17,18)19/h4-6,11-12,21,23H,7-10H2,1-3H3/t11-,12?,15+/m1/s1. The smallest absolute Gasteiger partial charge is 0.394 e. The number of pyridine rings is 1. The molecule has 8 heteroatoms. The topological polar surface area (TPSA) is 57.6 Å². The molecular formula is C16H24F3N3O2. The van der Waals surface area contributed by atoms with Gasteiger partial charge >= 0.3 is 6.18 Å². The molecule has 1 fully saturated rings. The Balaban J connectivity index is 2.02. The van der Waals surface area contributed by atoms with Crippen LogP contribution in [-0.2, 0) is 10.9 Å². The monoisotopic (exact) mass is 347 g/mol. The number of nitrogens with zero attached hydrogens (tertiary/aromatic N) is 2. The molecule has 1 aliphatic rings. The van der Waals surface area contributed by atoms with Gasteiger partial charge < -0.3 is 15.2 Å². The minimum Gasteiger partial charge on any atom is -0.394 e. The minimum atomic E-state index is -4.39. The Kier molecular flexibility index (Phi) is 5.85. The van der Waals surface area contributed by atoms with Gasteiger partial charge in [-0.25, -0.2) is 0 Å². The quantitative estimate of drug-likeness (QED) is 0.851. The molecule has 0 amide bonds. The maximum atomic E-state index is 12.6. The number of aliphatic hydroxyl groups excluding tert-OH is 1. The molecule has 1 aliphatic heterocycles. The van der Waals surface area contributed by atoms with Gasteiger partial charge in [-0.1, -0.05) is 0 Å². The molecule has 0 aliphatic carbocycles. The van der Waals surface area contributed by atoms with E-state index in [4.69, 9.17) is 4.74 Å². The SMILES string of the molecule is CC(NC[C@]1(CO)COC[C@@H](C)N1C)c1ccc(C(F)(F)F)cn1. The fourth-order valence-electron chi connectivity index (χ4n) is 2.77. The van der Waals surface area contributed by atoms with Crippen LogP contribution in [0.25, 0.3) is 0 Å². The Bertz CT molecular complexity index is 538. The van der Waals surface area contributed by atoms with Crippen LogP contribution in [0.2, 0.25) is 0 Å². The van der Waals surface area contributed by atoms with E-state index in [0.717, 1.165) is 12.3 Å². The summed E-state index contributed by atoms with van der Waals surface area (Å²) in [5.41, 5.74) is -0.805. The van der Waals surface area contributed by atoms with E-state index < -0.39 is 17.3 Å². The summed E-state index contributed by atoms with van der Waals surface area (Å²) in [5.74, 6) is 0. The van der Waals surface area contributed by atoms with Crippen molar-refractivity contribution in [1.82, 2.24) is 15.2 Å². The molecule has 24 heavy (non-hydrogen) atoms. The fraction of sp³-hybridized carbons (Fsp3) is 0.688. The summed E-state index contributed by atoms with van der Waals surface area (Å²) in [6, 6.07) is 2.32. The molecule has 1 unspecified atom stereocenters. The van der Waals surface area contributed by atoms with Crippen molar-refractivity contribution < 1.29 is 23.0 Å². The molecule has 2 N–H and O–H groups in total. The second kappa shape index (κ2) is 7.35. The van der Waals surface area contributed by atoms with Gasteiger partial charge in [0.2, 0.25) is 0 Å². The average molecular weight is 347 g/mol. The molecule has 3 atom stereocenters. The van der Waals surface area contributed by atoms with Gasteiger partial charge in [-0.15, -0.1) is 0 Å². The van der Waals surface area contributed by atoms with Crippen LogP contribution in [0.15, 0.2) is 18.3 Å². The molecule has 2 heterocycles. The van der Waals surface area contributed by atoms with E-state index >= 15 is 0 Å². The number of alkyl halides is 3. The fourth-order valence-corrected chi connectivity index (χ4v) is 2.77. The first-order valence-electron chi connectivity index (χ1n) is 7.88. The zero-order chi connectivity index (χ0) is 18.0. The van der Waals surface area contributed by atoms with E-state index in [1.165, 1.54) is 6.07 Å². The first kappa shape index (κ1) is 19.1. The number of hydrogen-bond donors (Lipinski definition) is 2. The summed E-state index contributed by atoms with van der Waals surface area (Å²) in [4.78, 5) is 5.98. The van der Waals surface area contributed by atoms with E-state index in [-0.39, 0.29) is 18.7 Å². The molecule has 0 spiro atoms. The van der Waals surface area contributed by atoms with E-state index in [9.17, 15) is 18.3 Å². The van der Waals surface area contributed by atoms with Crippen molar-refractivity contribution in [2.24, 2.45) is 0 Å². The van der Waals surface area contributed by atoms with Gasteiger partial charge in [-0.3, -0.25) is 9.88 Å². The predicted octanol–water partition coefficient (Wildman–Crippen LogP) is 1.83. The van der Waals surface area contributed by atoms with E-state index in [1.807, 2.05) is 20.9 Å². The molecule has 2 rings (SSSR count). The number of ether oxygens (including phenoxy) is 1. The molecule has 0 radical (unpaired) electrons. The number of likely N-dealkylation sites (N-methyl/N-ethyl adjacent to an activating group) is 1. The van der Waals surface area contributed by atoms with Gasteiger partial charge in [0.25, 0.3) is 0 Å². The van der Waals surface area contributed by atoms with Crippen molar-refractivity contribution in [3.05, 3.63) is 29.6 Å². The Labute approximate surface area is 139 Å². The molecule has 0 saturated carbocycles. The van der Waals surface area contributed by atoms with Crippen LogP contribution in [0.3, 0.4) is 0 Å². The third kappa shape index (κ3) is 4.05. The number of rotatable bonds is 5. The van der Waals surface area contributed by atoms with Crippen LogP contribution in [0.1, 0.15) is 31.1 Å². The van der Waals surface area contributed by atoms with Gasteiger partial charge in [0, 0.05) is 24.8 Å². The first-order valence-corrected chi connectivity index (χ1v) is 7.88. The molecule has 0 aromatic carbocycles. The highest BCUT2D eigenvalue weighted by atomic mass is 19.4. The second-order valence-electron chi connectivity index (χ2n) is 6.43. The highest BCUT2D eigenvalue weighted by molar-refractivity contribution is 5.18. The first-order chi connectivity index (χ1) is 11.2. The zero-order valence-corrected chi connectivity index (χ0v) is 14.1. The van der Waals surface area contributed by atoms with Gasteiger partial charge in [0.05, 0.1) is 36.6 Å². The molecule has 136 valence electrons. The summed E-state index contributed by atoms with van der Waals surface area (Å²) < 4.78 is 43.3. The lowest BCUT2D eigenvalue weighted by Crippen LogP contribution is -2.65. The van der Waals surface area contributed by atoms with E-state index in [2.05, 4.69) is 15.2 Å². The number of aliphatic hydroxyl groups is 1. The molecule has 0 bridgehead atoms. The summed E-state index contributed by atoms with van der Waals surface area (Å²) >= 11 is 0. The van der Waals surface area contributed by atoms with Crippen LogP contribution in [0.5, 0.6) is 0 Å². The normalized spacial score (nSPS) is 27.2.